The summed E-state index contributed by atoms with van der Waals surface area (Å²) >= 11 is 0. The highest BCUT2D eigenvalue weighted by Gasteiger charge is 2.40. The smallest absolute Gasteiger partial charge is 0.273 e. The van der Waals surface area contributed by atoms with Crippen molar-refractivity contribution in [3.63, 3.8) is 0 Å². The highest BCUT2D eigenvalue weighted by molar-refractivity contribution is 5.93. The van der Waals surface area contributed by atoms with Crippen molar-refractivity contribution in [2.45, 2.75) is 57.4 Å². The fourth-order valence-electron chi connectivity index (χ4n) is 6.13. The second kappa shape index (κ2) is 9.22. The first-order valence-electron chi connectivity index (χ1n) is 13.1. The van der Waals surface area contributed by atoms with E-state index < -0.39 is 5.92 Å². The second-order valence-electron chi connectivity index (χ2n) is 10.4. The predicted octanol–water partition coefficient (Wildman–Crippen LogP) is 5.83. The van der Waals surface area contributed by atoms with Crippen LogP contribution in [0.4, 0.5) is 14.6 Å². The number of anilines is 1. The predicted molar refractivity (Wildman–Crippen MR) is 142 cm³/mol. The highest BCUT2D eigenvalue weighted by atomic mass is 19.3. The summed E-state index contributed by atoms with van der Waals surface area (Å²) in [6, 6.07) is 10.9. The van der Waals surface area contributed by atoms with Crippen LogP contribution in [0.15, 0.2) is 42.6 Å². The van der Waals surface area contributed by atoms with Crippen LogP contribution in [0.1, 0.15) is 67.3 Å². The lowest BCUT2D eigenvalue weighted by molar-refractivity contribution is -0.129. The van der Waals surface area contributed by atoms with Gasteiger partial charge in [0.2, 0.25) is 5.91 Å². The number of methoxy groups -OCH3 is 1. The number of piperidine rings is 1. The summed E-state index contributed by atoms with van der Waals surface area (Å²) < 4.78 is 36.5. The SMILES string of the molecule is COc1cc2c(cc1C1CCN(C(C)=O)CC1)c(N[C@H](C)c1cccc3c1CCC3(F)F)nc1ccnn12. The number of likely N-dealkylation sites (tertiary alicyclic amines) is 1. The molecule has 3 heterocycles. The van der Waals surface area contributed by atoms with Gasteiger partial charge in [0.15, 0.2) is 5.65 Å². The van der Waals surface area contributed by atoms with E-state index in [0.29, 0.717) is 31.0 Å². The van der Waals surface area contributed by atoms with Crippen molar-refractivity contribution in [3.8, 4) is 5.75 Å². The van der Waals surface area contributed by atoms with Gasteiger partial charge in [-0.3, -0.25) is 4.79 Å². The number of carbonyl (C=O) groups excluding carboxylic acids is 1. The molecule has 0 spiro atoms. The topological polar surface area (TPSA) is 71.8 Å². The molecule has 2 aliphatic rings. The quantitative estimate of drug-likeness (QED) is 0.359. The van der Waals surface area contributed by atoms with Crippen molar-refractivity contribution in [2.24, 2.45) is 0 Å². The summed E-state index contributed by atoms with van der Waals surface area (Å²) in [6.45, 7) is 5.02. The lowest BCUT2D eigenvalue weighted by atomic mass is 9.88. The van der Waals surface area contributed by atoms with E-state index in [2.05, 4.69) is 16.5 Å². The minimum Gasteiger partial charge on any atom is -0.496 e. The molecule has 2 aromatic carbocycles. The van der Waals surface area contributed by atoms with Crippen LogP contribution in [-0.2, 0) is 17.1 Å². The molecular formula is C29H31F2N5O2. The Labute approximate surface area is 219 Å². The molecular weight excluding hydrogens is 488 g/mol. The van der Waals surface area contributed by atoms with Gasteiger partial charge in [0, 0.05) is 49.5 Å². The molecule has 1 amide bonds. The average molecular weight is 520 g/mol. The third kappa shape index (κ3) is 4.04. The van der Waals surface area contributed by atoms with E-state index in [9.17, 15) is 13.6 Å². The maximum Gasteiger partial charge on any atom is 0.273 e. The summed E-state index contributed by atoms with van der Waals surface area (Å²) in [7, 11) is 1.67. The van der Waals surface area contributed by atoms with Crippen molar-refractivity contribution in [1.82, 2.24) is 19.5 Å². The minimum atomic E-state index is -2.78. The van der Waals surface area contributed by atoms with Gasteiger partial charge >= 0.3 is 0 Å². The van der Waals surface area contributed by atoms with Crippen LogP contribution in [-0.4, -0.2) is 45.6 Å². The number of alkyl halides is 2. The number of halogens is 2. The van der Waals surface area contributed by atoms with Crippen LogP contribution >= 0.6 is 0 Å². The fourth-order valence-corrected chi connectivity index (χ4v) is 6.13. The van der Waals surface area contributed by atoms with Crippen molar-refractivity contribution < 1.29 is 18.3 Å². The van der Waals surface area contributed by atoms with Crippen molar-refractivity contribution in [2.75, 3.05) is 25.5 Å². The number of carbonyl (C=O) groups is 1. The molecule has 0 bridgehead atoms. The lowest BCUT2D eigenvalue weighted by Crippen LogP contribution is -2.36. The Morgan fingerprint density at radius 1 is 1.21 bits per heavy atom. The van der Waals surface area contributed by atoms with E-state index in [1.54, 1.807) is 36.9 Å². The Kier molecular flexibility index (Phi) is 5.96. The molecule has 2 aromatic heterocycles. The zero-order chi connectivity index (χ0) is 26.6. The number of hydrogen-bond acceptors (Lipinski definition) is 5. The first-order chi connectivity index (χ1) is 18.3. The molecule has 7 nitrogen and oxygen atoms in total. The van der Waals surface area contributed by atoms with Crippen molar-refractivity contribution in [3.05, 3.63) is 64.8 Å². The molecule has 0 unspecified atom stereocenters. The monoisotopic (exact) mass is 519 g/mol. The summed E-state index contributed by atoms with van der Waals surface area (Å²) in [6.07, 6.45) is 3.62. The molecule has 0 saturated carbocycles. The van der Waals surface area contributed by atoms with Gasteiger partial charge in [-0.15, -0.1) is 0 Å². The molecule has 1 saturated heterocycles. The third-order valence-electron chi connectivity index (χ3n) is 8.18. The molecule has 6 rings (SSSR count). The third-order valence-corrected chi connectivity index (χ3v) is 8.18. The van der Waals surface area contributed by atoms with Crippen LogP contribution in [0.3, 0.4) is 0 Å². The van der Waals surface area contributed by atoms with Gasteiger partial charge < -0.3 is 15.0 Å². The molecule has 1 atom stereocenters. The minimum absolute atomic E-state index is 0.102. The summed E-state index contributed by atoms with van der Waals surface area (Å²) in [5.41, 5.74) is 4.34. The Hall–Kier alpha value is -3.75. The fraction of sp³-hybridized carbons (Fsp3) is 0.414. The molecule has 9 heteroatoms. The van der Waals surface area contributed by atoms with Crippen LogP contribution in [0.2, 0.25) is 0 Å². The van der Waals surface area contributed by atoms with Crippen molar-refractivity contribution in [1.29, 1.82) is 0 Å². The van der Waals surface area contributed by atoms with Gasteiger partial charge in [0.25, 0.3) is 5.92 Å². The molecule has 1 fully saturated rings. The molecule has 4 aromatic rings. The molecule has 38 heavy (non-hydrogen) atoms. The number of benzene rings is 2. The molecule has 0 radical (unpaired) electrons. The Bertz CT molecular complexity index is 1540. The van der Waals surface area contributed by atoms with Gasteiger partial charge in [-0.1, -0.05) is 18.2 Å². The zero-order valence-electron chi connectivity index (χ0n) is 21.8. The van der Waals surface area contributed by atoms with E-state index in [4.69, 9.17) is 9.72 Å². The number of nitrogens with zero attached hydrogens (tertiary/aromatic N) is 4. The van der Waals surface area contributed by atoms with Crippen LogP contribution in [0.5, 0.6) is 5.75 Å². The molecule has 1 N–H and O–H groups in total. The normalized spacial score (nSPS) is 18.1. The van der Waals surface area contributed by atoms with Gasteiger partial charge in [-0.2, -0.15) is 5.10 Å². The first kappa shape index (κ1) is 24.6. The Morgan fingerprint density at radius 3 is 2.74 bits per heavy atom. The number of ether oxygens (including phenoxy) is 1. The molecule has 198 valence electrons. The Morgan fingerprint density at radius 2 is 2.00 bits per heavy atom. The van der Waals surface area contributed by atoms with E-state index in [-0.39, 0.29) is 29.9 Å². The molecule has 1 aliphatic heterocycles. The summed E-state index contributed by atoms with van der Waals surface area (Å²) in [5, 5.41) is 8.90. The van der Waals surface area contributed by atoms with Gasteiger partial charge in [-0.25, -0.2) is 18.3 Å². The number of fused-ring (bicyclic) bond motifs is 4. The summed E-state index contributed by atoms with van der Waals surface area (Å²) in [4.78, 5) is 18.6. The van der Waals surface area contributed by atoms with Gasteiger partial charge in [0.05, 0.1) is 24.9 Å². The van der Waals surface area contributed by atoms with Crippen LogP contribution < -0.4 is 10.1 Å². The highest BCUT2D eigenvalue weighted by Crippen LogP contribution is 2.44. The number of aromatic nitrogens is 3. The molecule has 1 aliphatic carbocycles. The van der Waals surface area contributed by atoms with Crippen LogP contribution in [0.25, 0.3) is 16.6 Å². The first-order valence-corrected chi connectivity index (χ1v) is 13.1. The number of nitrogens with one attached hydrogen (secondary N) is 1. The maximum atomic E-state index is 14.4. The average Bonchev–Trinajstić information content (AvgIpc) is 3.52. The van der Waals surface area contributed by atoms with E-state index in [1.807, 2.05) is 30.0 Å². The van der Waals surface area contributed by atoms with E-state index in [0.717, 1.165) is 46.2 Å². The largest absolute Gasteiger partial charge is 0.496 e. The number of rotatable bonds is 5. The standard InChI is InChI=1S/C29H31F2N5O2/c1-17(20-5-4-6-24-21(20)7-11-29(24,30)31)33-28-23-15-22(19-9-13-35(14-10-19)18(2)37)26(38-3)16-25(23)36-27(34-28)8-12-32-36/h4-6,8,12,15-17,19H,7,9-11,13-14H2,1-3H3,(H,33,34)/t17-/m1/s1. The maximum absolute atomic E-state index is 14.4. The number of amides is 1. The zero-order valence-corrected chi connectivity index (χ0v) is 21.8. The van der Waals surface area contributed by atoms with E-state index >= 15 is 0 Å². The number of hydrogen-bond donors (Lipinski definition) is 1. The lowest BCUT2D eigenvalue weighted by Gasteiger charge is -2.32. The van der Waals surface area contributed by atoms with E-state index in [1.165, 1.54) is 0 Å². The second-order valence-corrected chi connectivity index (χ2v) is 10.4. The van der Waals surface area contributed by atoms with Crippen molar-refractivity contribution >= 4 is 28.3 Å². The van der Waals surface area contributed by atoms with Gasteiger partial charge in [-0.05, 0) is 54.9 Å². The Balaban J connectivity index is 1.42. The summed E-state index contributed by atoms with van der Waals surface area (Å²) in [5.74, 6) is -0.986. The van der Waals surface area contributed by atoms with Gasteiger partial charge in [0.1, 0.15) is 11.6 Å². The van der Waals surface area contributed by atoms with Crippen LogP contribution in [0, 0.1) is 0 Å².